The van der Waals surface area contributed by atoms with Crippen LogP contribution in [0.1, 0.15) is 69.4 Å². The maximum absolute atomic E-state index is 6.51. The molecule has 1 aliphatic rings. The zero-order chi connectivity index (χ0) is 15.5. The quantitative estimate of drug-likeness (QED) is 0.822. The highest BCUT2D eigenvalue weighted by Crippen LogP contribution is 2.41. The molecule has 0 radical (unpaired) electrons. The standard InChI is InChI=1S/C18H32N2S/c1-5-15(19)16(17-14(4)8-13-21-17)20-11-9-18(6-2,7-3)10-12-20/h8,13,15-16H,5-7,9-12,19H2,1-4H3. The Bertz CT molecular complexity index is 426. The van der Waals surface area contributed by atoms with Crippen molar-refractivity contribution in [3.05, 3.63) is 21.9 Å². The van der Waals surface area contributed by atoms with Crippen molar-refractivity contribution in [2.45, 2.75) is 71.9 Å². The summed E-state index contributed by atoms with van der Waals surface area (Å²) in [6, 6.07) is 2.90. The third-order valence-electron chi connectivity index (χ3n) is 5.80. The average Bonchev–Trinajstić information content (AvgIpc) is 2.94. The summed E-state index contributed by atoms with van der Waals surface area (Å²) in [7, 11) is 0. The lowest BCUT2D eigenvalue weighted by molar-refractivity contribution is 0.0573. The molecule has 0 aliphatic carbocycles. The van der Waals surface area contributed by atoms with E-state index in [4.69, 9.17) is 5.73 Å². The molecule has 1 saturated heterocycles. The van der Waals surface area contributed by atoms with Crippen molar-refractivity contribution in [2.75, 3.05) is 13.1 Å². The van der Waals surface area contributed by atoms with Crippen LogP contribution in [0.4, 0.5) is 0 Å². The third kappa shape index (κ3) is 3.52. The van der Waals surface area contributed by atoms with Gasteiger partial charge in [-0.2, -0.15) is 0 Å². The molecule has 1 aromatic rings. The predicted molar refractivity (Wildman–Crippen MR) is 93.9 cm³/mol. The summed E-state index contributed by atoms with van der Waals surface area (Å²) in [6.07, 6.45) is 6.35. The molecule has 3 heteroatoms. The van der Waals surface area contributed by atoms with E-state index >= 15 is 0 Å². The predicted octanol–water partition coefficient (Wildman–Crippen LogP) is 4.74. The fourth-order valence-electron chi connectivity index (χ4n) is 3.78. The van der Waals surface area contributed by atoms with Gasteiger partial charge in [0, 0.05) is 10.9 Å². The van der Waals surface area contributed by atoms with Gasteiger partial charge in [-0.15, -0.1) is 11.3 Å². The van der Waals surface area contributed by atoms with Crippen LogP contribution < -0.4 is 5.73 Å². The van der Waals surface area contributed by atoms with Crippen LogP contribution in [0.3, 0.4) is 0 Å². The van der Waals surface area contributed by atoms with Crippen molar-refractivity contribution < 1.29 is 0 Å². The molecule has 0 spiro atoms. The van der Waals surface area contributed by atoms with Crippen LogP contribution in [0.15, 0.2) is 11.4 Å². The van der Waals surface area contributed by atoms with E-state index in [-0.39, 0.29) is 6.04 Å². The highest BCUT2D eigenvalue weighted by Gasteiger charge is 2.36. The Labute approximate surface area is 134 Å². The van der Waals surface area contributed by atoms with E-state index in [0.29, 0.717) is 11.5 Å². The molecule has 2 nitrogen and oxygen atoms in total. The maximum atomic E-state index is 6.51. The van der Waals surface area contributed by atoms with Gasteiger partial charge in [0.25, 0.3) is 0 Å². The summed E-state index contributed by atoms with van der Waals surface area (Å²) in [5, 5.41) is 2.21. The number of nitrogens with zero attached hydrogens (tertiary/aromatic N) is 1. The first kappa shape index (κ1) is 17.0. The molecule has 21 heavy (non-hydrogen) atoms. The summed E-state index contributed by atoms with van der Waals surface area (Å²) < 4.78 is 0. The Hall–Kier alpha value is -0.380. The van der Waals surface area contributed by atoms with Gasteiger partial charge in [0.2, 0.25) is 0 Å². The molecule has 2 atom stereocenters. The van der Waals surface area contributed by atoms with E-state index in [1.54, 1.807) is 0 Å². The molecule has 1 aromatic heterocycles. The second kappa shape index (κ2) is 7.26. The zero-order valence-corrected chi connectivity index (χ0v) is 15.0. The van der Waals surface area contributed by atoms with Crippen LogP contribution in [0.25, 0.3) is 0 Å². The fourth-order valence-corrected chi connectivity index (χ4v) is 4.91. The Kier molecular flexibility index (Phi) is 5.87. The van der Waals surface area contributed by atoms with E-state index in [0.717, 1.165) is 6.42 Å². The molecule has 0 amide bonds. The molecule has 120 valence electrons. The van der Waals surface area contributed by atoms with Gasteiger partial charge in [-0.3, -0.25) is 4.90 Å². The highest BCUT2D eigenvalue weighted by molar-refractivity contribution is 7.10. The summed E-state index contributed by atoms with van der Waals surface area (Å²) in [5.74, 6) is 0. The van der Waals surface area contributed by atoms with E-state index < -0.39 is 0 Å². The van der Waals surface area contributed by atoms with Gasteiger partial charge in [0.1, 0.15) is 0 Å². The van der Waals surface area contributed by atoms with Gasteiger partial charge in [0.05, 0.1) is 6.04 Å². The summed E-state index contributed by atoms with van der Waals surface area (Å²) >= 11 is 1.88. The molecule has 2 heterocycles. The van der Waals surface area contributed by atoms with E-state index in [1.165, 1.54) is 49.2 Å². The summed E-state index contributed by atoms with van der Waals surface area (Å²) in [5.41, 5.74) is 8.50. The Balaban J connectivity index is 2.15. The number of rotatable bonds is 6. The van der Waals surface area contributed by atoms with Crippen molar-refractivity contribution in [1.29, 1.82) is 0 Å². The molecule has 0 bridgehead atoms. The van der Waals surface area contributed by atoms with Crippen LogP contribution in [0, 0.1) is 12.3 Å². The number of aryl methyl sites for hydroxylation is 1. The SMILES string of the molecule is CCC(N)C(c1sccc1C)N1CCC(CC)(CC)CC1. The number of thiophene rings is 1. The van der Waals surface area contributed by atoms with Crippen molar-refractivity contribution >= 4 is 11.3 Å². The molecule has 2 N–H and O–H groups in total. The van der Waals surface area contributed by atoms with Crippen molar-refractivity contribution in [3.8, 4) is 0 Å². The molecule has 2 rings (SSSR count). The molecular weight excluding hydrogens is 276 g/mol. The first-order chi connectivity index (χ1) is 10.1. The smallest absolute Gasteiger partial charge is 0.0596 e. The minimum atomic E-state index is 0.248. The summed E-state index contributed by atoms with van der Waals surface area (Å²) in [6.45, 7) is 11.6. The van der Waals surface area contributed by atoms with E-state index in [1.807, 2.05) is 11.3 Å². The first-order valence-electron chi connectivity index (χ1n) is 8.60. The van der Waals surface area contributed by atoms with Crippen LogP contribution >= 0.6 is 11.3 Å². The van der Waals surface area contributed by atoms with Crippen LogP contribution in [-0.4, -0.2) is 24.0 Å². The Morgan fingerprint density at radius 1 is 1.24 bits per heavy atom. The molecule has 2 unspecified atom stereocenters. The van der Waals surface area contributed by atoms with Gasteiger partial charge in [-0.25, -0.2) is 0 Å². The maximum Gasteiger partial charge on any atom is 0.0596 e. The third-order valence-corrected chi connectivity index (χ3v) is 6.89. The number of hydrogen-bond acceptors (Lipinski definition) is 3. The van der Waals surface area contributed by atoms with Crippen LogP contribution in [0.2, 0.25) is 0 Å². The average molecular weight is 309 g/mol. The van der Waals surface area contributed by atoms with Gasteiger partial charge in [0.15, 0.2) is 0 Å². The fraction of sp³-hybridized carbons (Fsp3) is 0.778. The van der Waals surface area contributed by atoms with Crippen LogP contribution in [-0.2, 0) is 0 Å². The lowest BCUT2D eigenvalue weighted by Crippen LogP contribution is -2.47. The van der Waals surface area contributed by atoms with Gasteiger partial charge < -0.3 is 5.73 Å². The largest absolute Gasteiger partial charge is 0.326 e. The minimum absolute atomic E-state index is 0.248. The van der Waals surface area contributed by atoms with E-state index in [9.17, 15) is 0 Å². The lowest BCUT2D eigenvalue weighted by atomic mass is 9.73. The highest BCUT2D eigenvalue weighted by atomic mass is 32.1. The first-order valence-corrected chi connectivity index (χ1v) is 9.48. The molecule has 1 aliphatic heterocycles. The monoisotopic (exact) mass is 308 g/mol. The van der Waals surface area contributed by atoms with Gasteiger partial charge in [-0.1, -0.05) is 33.6 Å². The zero-order valence-electron chi connectivity index (χ0n) is 14.2. The number of likely N-dealkylation sites (tertiary alicyclic amines) is 1. The minimum Gasteiger partial charge on any atom is -0.326 e. The summed E-state index contributed by atoms with van der Waals surface area (Å²) in [4.78, 5) is 4.15. The lowest BCUT2D eigenvalue weighted by Gasteiger charge is -2.45. The van der Waals surface area contributed by atoms with Crippen molar-refractivity contribution in [1.82, 2.24) is 4.90 Å². The topological polar surface area (TPSA) is 29.3 Å². The Morgan fingerprint density at radius 3 is 2.29 bits per heavy atom. The number of hydrogen-bond donors (Lipinski definition) is 1. The Morgan fingerprint density at radius 2 is 1.86 bits per heavy atom. The van der Waals surface area contributed by atoms with Gasteiger partial charge in [-0.05, 0) is 61.7 Å². The van der Waals surface area contributed by atoms with E-state index in [2.05, 4.69) is 44.0 Å². The molecule has 0 saturated carbocycles. The number of piperidine rings is 1. The molecule has 1 fully saturated rings. The second-order valence-electron chi connectivity index (χ2n) is 6.73. The second-order valence-corrected chi connectivity index (χ2v) is 7.68. The van der Waals surface area contributed by atoms with Crippen molar-refractivity contribution in [2.24, 2.45) is 11.1 Å². The number of nitrogens with two attached hydrogens (primary N) is 1. The molecular formula is C18H32N2S. The van der Waals surface area contributed by atoms with Crippen LogP contribution in [0.5, 0.6) is 0 Å². The van der Waals surface area contributed by atoms with Gasteiger partial charge >= 0.3 is 0 Å². The normalized spacial score (nSPS) is 22.1. The van der Waals surface area contributed by atoms with Crippen molar-refractivity contribution in [3.63, 3.8) is 0 Å². The molecule has 0 aromatic carbocycles.